The van der Waals surface area contributed by atoms with E-state index in [1.165, 1.54) is 16.4 Å². The van der Waals surface area contributed by atoms with Crippen LogP contribution in [0.5, 0.6) is 0 Å². The fourth-order valence-electron chi connectivity index (χ4n) is 1.21. The maximum atomic E-state index is 5.86. The molecule has 0 spiro atoms. The molecule has 2 rings (SSSR count). The van der Waals surface area contributed by atoms with Gasteiger partial charge in [0.2, 0.25) is 0 Å². The number of aromatic nitrogens is 1. The van der Waals surface area contributed by atoms with Gasteiger partial charge in [0.15, 0.2) is 0 Å². The van der Waals surface area contributed by atoms with Crippen molar-refractivity contribution >= 4 is 45.3 Å². The lowest BCUT2D eigenvalue weighted by Gasteiger charge is -2.14. The fourth-order valence-corrected chi connectivity index (χ4v) is 2.98. The van der Waals surface area contributed by atoms with Crippen LogP contribution in [0.2, 0.25) is 4.34 Å². The molecule has 2 aromatic heterocycles. The molecule has 2 aromatic rings. The predicted molar refractivity (Wildman–Crippen MR) is 68.0 cm³/mol. The Balaban J connectivity index is 2.06. The first-order valence-electron chi connectivity index (χ1n) is 4.32. The Morgan fingerprint density at radius 1 is 1.53 bits per heavy atom. The van der Waals surface area contributed by atoms with E-state index in [0.717, 1.165) is 15.9 Å². The summed E-state index contributed by atoms with van der Waals surface area (Å²) in [4.78, 5) is 3.34. The number of halogens is 1. The maximum absolute atomic E-state index is 5.86. The number of anilines is 2. The smallest absolute Gasteiger partial charge is 0.139 e. The highest BCUT2D eigenvalue weighted by Gasteiger charge is 2.07. The minimum Gasteiger partial charge on any atom is -0.383 e. The van der Waals surface area contributed by atoms with Gasteiger partial charge in [-0.15, -0.1) is 11.3 Å². The normalized spacial score (nSPS) is 10.5. The molecule has 6 heteroatoms. The van der Waals surface area contributed by atoms with Crippen LogP contribution in [0.4, 0.5) is 10.8 Å². The number of hydrogen-bond acceptors (Lipinski definition) is 5. The van der Waals surface area contributed by atoms with Crippen molar-refractivity contribution in [3.05, 3.63) is 27.4 Å². The summed E-state index contributed by atoms with van der Waals surface area (Å²) in [7, 11) is 2.01. The lowest BCUT2D eigenvalue weighted by molar-refractivity contribution is 0.953. The highest BCUT2D eigenvalue weighted by Crippen LogP contribution is 2.27. The highest BCUT2D eigenvalue weighted by molar-refractivity contribution is 7.16. The molecule has 0 aliphatic carbocycles. The summed E-state index contributed by atoms with van der Waals surface area (Å²) in [6.07, 6.45) is 0. The molecule has 0 saturated heterocycles. The molecule has 0 fully saturated rings. The minimum absolute atomic E-state index is 0.575. The van der Waals surface area contributed by atoms with Crippen molar-refractivity contribution in [1.29, 1.82) is 0 Å². The molecule has 80 valence electrons. The predicted octanol–water partition coefficient (Wildman–Crippen LogP) is 3.08. The van der Waals surface area contributed by atoms with Crippen molar-refractivity contribution in [2.24, 2.45) is 0 Å². The molecule has 15 heavy (non-hydrogen) atoms. The molecule has 0 aromatic carbocycles. The second kappa shape index (κ2) is 4.38. The average Bonchev–Trinajstić information content (AvgIpc) is 2.75. The summed E-state index contributed by atoms with van der Waals surface area (Å²) >= 11 is 8.86. The SMILES string of the molecule is CN(Cc1ccc(Cl)s1)c1cc(N)ns1. The van der Waals surface area contributed by atoms with Crippen molar-refractivity contribution in [3.63, 3.8) is 0 Å². The quantitative estimate of drug-likeness (QED) is 0.921. The Kier molecular flexibility index (Phi) is 3.14. The summed E-state index contributed by atoms with van der Waals surface area (Å²) in [6, 6.07) is 5.82. The van der Waals surface area contributed by atoms with Crippen LogP contribution in [0.25, 0.3) is 0 Å². The second-order valence-electron chi connectivity index (χ2n) is 3.15. The average molecular weight is 260 g/mol. The van der Waals surface area contributed by atoms with Gasteiger partial charge in [-0.1, -0.05) is 11.6 Å². The van der Waals surface area contributed by atoms with Crippen LogP contribution < -0.4 is 10.6 Å². The Morgan fingerprint density at radius 2 is 2.33 bits per heavy atom. The van der Waals surface area contributed by atoms with Gasteiger partial charge >= 0.3 is 0 Å². The highest BCUT2D eigenvalue weighted by atomic mass is 35.5. The van der Waals surface area contributed by atoms with Gasteiger partial charge in [0.05, 0.1) is 10.9 Å². The van der Waals surface area contributed by atoms with Crippen molar-refractivity contribution in [2.45, 2.75) is 6.54 Å². The summed E-state index contributed by atoms with van der Waals surface area (Å²) in [5.74, 6) is 0.575. The minimum atomic E-state index is 0.575. The molecule has 0 radical (unpaired) electrons. The molecule has 0 amide bonds. The molecule has 3 nitrogen and oxygen atoms in total. The van der Waals surface area contributed by atoms with Gasteiger partial charge in [0, 0.05) is 18.0 Å². The van der Waals surface area contributed by atoms with Gasteiger partial charge < -0.3 is 10.6 Å². The molecular weight excluding hydrogens is 250 g/mol. The monoisotopic (exact) mass is 259 g/mol. The van der Waals surface area contributed by atoms with Crippen LogP contribution in [0.1, 0.15) is 4.88 Å². The summed E-state index contributed by atoms with van der Waals surface area (Å²) < 4.78 is 4.86. The molecule has 2 heterocycles. The standard InChI is InChI=1S/C9H10ClN3S2/c1-13(9-4-8(11)12-15-9)5-6-2-3-7(10)14-6/h2-4H,5H2,1H3,(H2,11,12). The lowest BCUT2D eigenvalue weighted by Crippen LogP contribution is -2.13. The second-order valence-corrected chi connectivity index (χ2v) is 5.73. The molecule has 0 unspecified atom stereocenters. The number of hydrogen-bond donors (Lipinski definition) is 1. The molecule has 0 saturated carbocycles. The first kappa shape index (κ1) is 10.7. The Labute approximate surface area is 101 Å². The van der Waals surface area contributed by atoms with Gasteiger partial charge in [-0.05, 0) is 23.7 Å². The van der Waals surface area contributed by atoms with Crippen molar-refractivity contribution in [1.82, 2.24) is 4.37 Å². The van der Waals surface area contributed by atoms with E-state index in [-0.39, 0.29) is 0 Å². The molecule has 0 bridgehead atoms. The molecule has 0 aliphatic rings. The zero-order valence-electron chi connectivity index (χ0n) is 8.11. The molecule has 2 N–H and O–H groups in total. The Hall–Kier alpha value is -0.780. The Morgan fingerprint density at radius 3 is 2.87 bits per heavy atom. The van der Waals surface area contributed by atoms with E-state index in [4.69, 9.17) is 17.3 Å². The first-order valence-corrected chi connectivity index (χ1v) is 6.29. The van der Waals surface area contributed by atoms with Crippen LogP contribution in [-0.2, 0) is 6.54 Å². The number of nitrogen functional groups attached to an aromatic ring is 1. The van der Waals surface area contributed by atoms with Gasteiger partial charge in [-0.3, -0.25) is 0 Å². The van der Waals surface area contributed by atoms with E-state index < -0.39 is 0 Å². The van der Waals surface area contributed by atoms with E-state index in [0.29, 0.717) is 5.82 Å². The molecule has 0 atom stereocenters. The van der Waals surface area contributed by atoms with E-state index in [1.807, 2.05) is 25.2 Å². The van der Waals surface area contributed by atoms with Crippen LogP contribution in [0, 0.1) is 0 Å². The van der Waals surface area contributed by atoms with Gasteiger partial charge in [-0.25, -0.2) is 0 Å². The van der Waals surface area contributed by atoms with Gasteiger partial charge in [-0.2, -0.15) is 4.37 Å². The number of rotatable bonds is 3. The van der Waals surface area contributed by atoms with Crippen LogP contribution in [0.15, 0.2) is 18.2 Å². The van der Waals surface area contributed by atoms with Crippen molar-refractivity contribution in [2.75, 3.05) is 17.7 Å². The van der Waals surface area contributed by atoms with Crippen molar-refractivity contribution < 1.29 is 0 Å². The third-order valence-corrected chi connectivity index (χ3v) is 4.05. The van der Waals surface area contributed by atoms with E-state index in [2.05, 4.69) is 9.27 Å². The number of thiophene rings is 1. The zero-order chi connectivity index (χ0) is 10.8. The van der Waals surface area contributed by atoms with Crippen molar-refractivity contribution in [3.8, 4) is 0 Å². The summed E-state index contributed by atoms with van der Waals surface area (Å²) in [6.45, 7) is 0.832. The third kappa shape index (κ3) is 2.62. The van der Waals surface area contributed by atoms with E-state index in [1.54, 1.807) is 11.3 Å². The largest absolute Gasteiger partial charge is 0.383 e. The third-order valence-electron chi connectivity index (χ3n) is 1.91. The van der Waals surface area contributed by atoms with Crippen LogP contribution in [0.3, 0.4) is 0 Å². The number of nitrogens with two attached hydrogens (primary N) is 1. The van der Waals surface area contributed by atoms with Crippen LogP contribution in [-0.4, -0.2) is 11.4 Å². The number of nitrogens with zero attached hydrogens (tertiary/aromatic N) is 2. The summed E-state index contributed by atoms with van der Waals surface area (Å²) in [5.41, 5.74) is 5.57. The van der Waals surface area contributed by atoms with Crippen LogP contribution >= 0.6 is 34.5 Å². The Bertz CT molecular complexity index is 452. The first-order chi connectivity index (χ1) is 7.15. The zero-order valence-corrected chi connectivity index (χ0v) is 10.5. The molecular formula is C9H10ClN3S2. The van der Waals surface area contributed by atoms with Gasteiger partial charge in [0.25, 0.3) is 0 Å². The fraction of sp³-hybridized carbons (Fsp3) is 0.222. The maximum Gasteiger partial charge on any atom is 0.139 e. The van der Waals surface area contributed by atoms with E-state index >= 15 is 0 Å². The molecule has 0 aliphatic heterocycles. The lowest BCUT2D eigenvalue weighted by atomic mass is 10.4. The van der Waals surface area contributed by atoms with Gasteiger partial charge in [0.1, 0.15) is 10.8 Å². The van der Waals surface area contributed by atoms with E-state index in [9.17, 15) is 0 Å². The topological polar surface area (TPSA) is 42.1 Å². The summed E-state index contributed by atoms with van der Waals surface area (Å²) in [5, 5.41) is 1.07.